The van der Waals surface area contributed by atoms with Gasteiger partial charge in [-0.3, -0.25) is 4.79 Å². The van der Waals surface area contributed by atoms with Gasteiger partial charge in [-0.05, 0) is 27.7 Å². The SMILES string of the molecule is CCN1C(=O)N=C(N)C1CC(=O)NC(C)(C)C. The predicted molar refractivity (Wildman–Crippen MR) is 65.7 cm³/mol. The Labute approximate surface area is 101 Å². The lowest BCUT2D eigenvalue weighted by Gasteiger charge is -2.25. The van der Waals surface area contributed by atoms with Gasteiger partial charge in [-0.2, -0.15) is 4.99 Å². The molecule has 0 aromatic heterocycles. The van der Waals surface area contributed by atoms with Crippen molar-refractivity contribution < 1.29 is 9.59 Å². The van der Waals surface area contributed by atoms with Crippen LogP contribution >= 0.6 is 0 Å². The third-order valence-corrected chi connectivity index (χ3v) is 2.42. The molecule has 0 aromatic carbocycles. The summed E-state index contributed by atoms with van der Waals surface area (Å²) in [5.41, 5.74) is 5.37. The van der Waals surface area contributed by atoms with Gasteiger partial charge in [-0.25, -0.2) is 4.79 Å². The fourth-order valence-corrected chi connectivity index (χ4v) is 1.76. The van der Waals surface area contributed by atoms with Gasteiger partial charge in [-0.1, -0.05) is 0 Å². The molecular weight excluding hydrogens is 220 g/mol. The summed E-state index contributed by atoms with van der Waals surface area (Å²) in [6, 6.07) is -0.770. The number of likely N-dealkylation sites (N-methyl/N-ethyl adjacent to an activating group) is 1. The summed E-state index contributed by atoms with van der Waals surface area (Å²) in [5, 5.41) is 2.84. The molecule has 3 amide bonds. The first-order chi connectivity index (χ1) is 7.74. The molecule has 1 aliphatic heterocycles. The van der Waals surface area contributed by atoms with E-state index >= 15 is 0 Å². The van der Waals surface area contributed by atoms with Crippen molar-refractivity contribution in [2.75, 3.05) is 6.54 Å². The van der Waals surface area contributed by atoms with Crippen LogP contribution in [0.15, 0.2) is 4.99 Å². The third kappa shape index (κ3) is 3.44. The Balaban J connectivity index is 2.65. The molecule has 1 rings (SSSR count). The number of carbonyl (C=O) groups excluding carboxylic acids is 2. The minimum atomic E-state index is -0.408. The van der Waals surface area contributed by atoms with E-state index in [0.29, 0.717) is 6.54 Å². The third-order valence-electron chi connectivity index (χ3n) is 2.42. The van der Waals surface area contributed by atoms with E-state index in [1.165, 1.54) is 4.90 Å². The lowest BCUT2D eigenvalue weighted by Crippen LogP contribution is -2.47. The number of hydrogen-bond donors (Lipinski definition) is 2. The Hall–Kier alpha value is -1.59. The molecule has 0 aromatic rings. The summed E-state index contributed by atoms with van der Waals surface area (Å²) >= 11 is 0. The van der Waals surface area contributed by atoms with E-state index < -0.39 is 6.04 Å². The van der Waals surface area contributed by atoms with E-state index in [0.717, 1.165) is 0 Å². The van der Waals surface area contributed by atoms with Crippen molar-refractivity contribution in [1.29, 1.82) is 0 Å². The van der Waals surface area contributed by atoms with Crippen LogP contribution in [0, 0.1) is 0 Å². The van der Waals surface area contributed by atoms with E-state index in [-0.39, 0.29) is 29.7 Å². The van der Waals surface area contributed by atoms with Crippen molar-refractivity contribution in [2.24, 2.45) is 10.7 Å². The second-order valence-corrected chi connectivity index (χ2v) is 5.12. The van der Waals surface area contributed by atoms with Crippen LogP contribution < -0.4 is 11.1 Å². The molecule has 1 atom stereocenters. The summed E-state index contributed by atoms with van der Waals surface area (Å²) in [4.78, 5) is 28.4. The monoisotopic (exact) mass is 240 g/mol. The molecule has 6 heteroatoms. The number of nitrogens with two attached hydrogens (primary N) is 1. The van der Waals surface area contributed by atoms with Crippen LogP contribution in [0.25, 0.3) is 0 Å². The van der Waals surface area contributed by atoms with Crippen molar-refractivity contribution in [3.63, 3.8) is 0 Å². The first-order valence-electron chi connectivity index (χ1n) is 5.70. The van der Waals surface area contributed by atoms with Crippen molar-refractivity contribution >= 4 is 17.8 Å². The maximum atomic E-state index is 11.8. The zero-order valence-electron chi connectivity index (χ0n) is 10.8. The molecule has 3 N–H and O–H groups in total. The molecule has 0 aliphatic carbocycles. The topological polar surface area (TPSA) is 87.8 Å². The molecule has 17 heavy (non-hydrogen) atoms. The zero-order valence-corrected chi connectivity index (χ0v) is 10.8. The van der Waals surface area contributed by atoms with E-state index in [9.17, 15) is 9.59 Å². The maximum absolute atomic E-state index is 11.8. The van der Waals surface area contributed by atoms with E-state index in [2.05, 4.69) is 10.3 Å². The van der Waals surface area contributed by atoms with Crippen LogP contribution in [-0.4, -0.2) is 40.8 Å². The largest absolute Gasteiger partial charge is 0.385 e. The lowest BCUT2D eigenvalue weighted by atomic mass is 10.1. The predicted octanol–water partition coefficient (Wildman–Crippen LogP) is 0.473. The van der Waals surface area contributed by atoms with Crippen LogP contribution in [0.2, 0.25) is 0 Å². The van der Waals surface area contributed by atoms with Gasteiger partial charge < -0.3 is 16.0 Å². The Morgan fingerprint density at radius 1 is 1.53 bits per heavy atom. The quantitative estimate of drug-likeness (QED) is 0.751. The van der Waals surface area contributed by atoms with Gasteiger partial charge >= 0.3 is 6.03 Å². The molecule has 6 nitrogen and oxygen atoms in total. The lowest BCUT2D eigenvalue weighted by molar-refractivity contribution is -0.123. The van der Waals surface area contributed by atoms with Crippen molar-refractivity contribution in [2.45, 2.75) is 45.7 Å². The van der Waals surface area contributed by atoms with Crippen LogP contribution in [0.4, 0.5) is 4.79 Å². The van der Waals surface area contributed by atoms with E-state index in [1.54, 1.807) is 0 Å². The molecule has 0 bridgehead atoms. The standard InChI is InChI=1S/C11H20N4O2/c1-5-15-7(9(12)13-10(15)17)6-8(16)14-11(2,3)4/h7H,5-6H2,1-4H3,(H,14,16)(H2,12,13,17). The molecular formula is C11H20N4O2. The van der Waals surface area contributed by atoms with Gasteiger partial charge in [0, 0.05) is 12.1 Å². The van der Waals surface area contributed by atoms with Gasteiger partial charge in [0.15, 0.2) is 0 Å². The van der Waals surface area contributed by atoms with Gasteiger partial charge in [0.25, 0.3) is 0 Å². The molecule has 1 aliphatic rings. The van der Waals surface area contributed by atoms with Gasteiger partial charge in [0.2, 0.25) is 5.91 Å². The number of hydrogen-bond acceptors (Lipinski definition) is 3. The first-order valence-corrected chi connectivity index (χ1v) is 5.70. The van der Waals surface area contributed by atoms with Crippen LogP contribution in [0.1, 0.15) is 34.1 Å². The van der Waals surface area contributed by atoms with Crippen molar-refractivity contribution in [3.8, 4) is 0 Å². The number of urea groups is 1. The molecule has 0 spiro atoms. The summed E-state index contributed by atoms with van der Waals surface area (Å²) < 4.78 is 0. The number of nitrogens with zero attached hydrogens (tertiary/aromatic N) is 2. The molecule has 0 saturated carbocycles. The Bertz CT molecular complexity index is 357. The smallest absolute Gasteiger partial charge is 0.345 e. The van der Waals surface area contributed by atoms with Crippen LogP contribution in [0.3, 0.4) is 0 Å². The normalized spacial score (nSPS) is 20.5. The number of carbonyl (C=O) groups is 2. The average Bonchev–Trinajstić information content (AvgIpc) is 2.38. The van der Waals surface area contributed by atoms with E-state index in [1.807, 2.05) is 27.7 Å². The Morgan fingerprint density at radius 2 is 2.12 bits per heavy atom. The highest BCUT2D eigenvalue weighted by Crippen LogP contribution is 2.14. The van der Waals surface area contributed by atoms with Gasteiger partial charge in [-0.15, -0.1) is 0 Å². The minimum Gasteiger partial charge on any atom is -0.385 e. The zero-order chi connectivity index (χ0) is 13.2. The second kappa shape index (κ2) is 4.73. The summed E-state index contributed by atoms with van der Waals surface area (Å²) in [5.74, 6) is 0.0923. The maximum Gasteiger partial charge on any atom is 0.345 e. The average molecular weight is 240 g/mol. The van der Waals surface area contributed by atoms with Crippen molar-refractivity contribution in [1.82, 2.24) is 10.2 Å². The number of aliphatic imine (C=N–C) groups is 1. The molecule has 0 fully saturated rings. The fraction of sp³-hybridized carbons (Fsp3) is 0.727. The van der Waals surface area contributed by atoms with Crippen LogP contribution in [0.5, 0.6) is 0 Å². The molecule has 1 heterocycles. The van der Waals surface area contributed by atoms with Crippen LogP contribution in [-0.2, 0) is 4.79 Å². The summed E-state index contributed by atoms with van der Waals surface area (Å²) in [6.07, 6.45) is 0.159. The van der Waals surface area contributed by atoms with Gasteiger partial charge in [0.05, 0.1) is 12.5 Å². The first kappa shape index (κ1) is 13.5. The molecule has 96 valence electrons. The number of amidine groups is 1. The second-order valence-electron chi connectivity index (χ2n) is 5.12. The molecule has 1 unspecified atom stereocenters. The Kier molecular flexibility index (Phi) is 3.75. The number of rotatable bonds is 3. The Morgan fingerprint density at radius 3 is 2.59 bits per heavy atom. The fourth-order valence-electron chi connectivity index (χ4n) is 1.76. The van der Waals surface area contributed by atoms with Crippen molar-refractivity contribution in [3.05, 3.63) is 0 Å². The highest BCUT2D eigenvalue weighted by atomic mass is 16.2. The molecule has 0 radical (unpaired) electrons. The number of nitrogens with one attached hydrogen (secondary N) is 1. The minimum absolute atomic E-state index is 0.131. The van der Waals surface area contributed by atoms with E-state index in [4.69, 9.17) is 5.73 Å². The summed E-state index contributed by atoms with van der Waals surface area (Å²) in [7, 11) is 0. The van der Waals surface area contributed by atoms with Gasteiger partial charge in [0.1, 0.15) is 5.84 Å². The highest BCUT2D eigenvalue weighted by molar-refractivity contribution is 6.04. The number of amides is 3. The molecule has 0 saturated heterocycles. The highest BCUT2D eigenvalue weighted by Gasteiger charge is 2.34. The summed E-state index contributed by atoms with van der Waals surface area (Å²) in [6.45, 7) is 8.04.